The molecule has 0 spiro atoms. The lowest BCUT2D eigenvalue weighted by molar-refractivity contribution is -0.120. The summed E-state index contributed by atoms with van der Waals surface area (Å²) in [7, 11) is 0. The largest absolute Gasteiger partial charge is 0.494 e. The van der Waals surface area contributed by atoms with E-state index < -0.39 is 0 Å². The van der Waals surface area contributed by atoms with Crippen LogP contribution >= 0.6 is 0 Å². The molecule has 2 N–H and O–H groups in total. The molecule has 0 radical (unpaired) electrons. The quantitative estimate of drug-likeness (QED) is 0.512. The summed E-state index contributed by atoms with van der Waals surface area (Å²) >= 11 is 0. The molecule has 0 aliphatic heterocycles. The van der Waals surface area contributed by atoms with E-state index in [9.17, 15) is 9.59 Å². The Balaban J connectivity index is 1.39. The molecular weight excluding hydrogens is 370 g/mol. The van der Waals surface area contributed by atoms with E-state index in [1.807, 2.05) is 28.8 Å². The minimum atomic E-state index is -0.302. The van der Waals surface area contributed by atoms with E-state index in [1.54, 1.807) is 24.3 Å². The van der Waals surface area contributed by atoms with Crippen LogP contribution in [0.15, 0.2) is 48.7 Å². The van der Waals surface area contributed by atoms with Crippen molar-refractivity contribution in [2.75, 3.05) is 19.7 Å². The first-order valence-electron chi connectivity index (χ1n) is 9.74. The first-order chi connectivity index (χ1) is 14.2. The van der Waals surface area contributed by atoms with E-state index in [2.05, 4.69) is 27.8 Å². The molecule has 3 aromatic rings. The van der Waals surface area contributed by atoms with Crippen LogP contribution in [0.3, 0.4) is 0 Å². The van der Waals surface area contributed by atoms with Crippen LogP contribution in [0, 0.1) is 0 Å². The zero-order chi connectivity index (χ0) is 20.5. The zero-order valence-electron chi connectivity index (χ0n) is 16.4. The minimum absolute atomic E-state index is 0.0891. The van der Waals surface area contributed by atoms with Crippen molar-refractivity contribution in [1.82, 2.24) is 25.2 Å². The smallest absolute Gasteiger partial charge is 0.251 e. The van der Waals surface area contributed by atoms with Gasteiger partial charge in [-0.25, -0.2) is 0 Å². The average Bonchev–Trinajstić information content (AvgIpc) is 3.16. The average molecular weight is 395 g/mol. The van der Waals surface area contributed by atoms with Gasteiger partial charge in [-0.15, -0.1) is 10.2 Å². The van der Waals surface area contributed by atoms with Gasteiger partial charge in [0, 0.05) is 24.7 Å². The van der Waals surface area contributed by atoms with E-state index >= 15 is 0 Å². The molecule has 0 saturated carbocycles. The molecule has 8 nitrogen and oxygen atoms in total. The molecule has 0 atom stereocenters. The van der Waals surface area contributed by atoms with Crippen LogP contribution in [0.2, 0.25) is 0 Å². The summed E-state index contributed by atoms with van der Waals surface area (Å²) in [6.07, 6.45) is 4.49. The predicted molar refractivity (Wildman–Crippen MR) is 109 cm³/mol. The number of hydrogen-bond donors (Lipinski definition) is 2. The fraction of sp³-hybridized carbons (Fsp3) is 0.333. The number of carbonyl (C=O) groups is 2. The second-order valence-corrected chi connectivity index (χ2v) is 6.55. The summed E-state index contributed by atoms with van der Waals surface area (Å²) in [6.45, 7) is 3.08. The lowest BCUT2D eigenvalue weighted by atomic mass is 10.2. The Labute approximate surface area is 169 Å². The van der Waals surface area contributed by atoms with Gasteiger partial charge in [-0.1, -0.05) is 19.4 Å². The van der Waals surface area contributed by atoms with Gasteiger partial charge in [0.15, 0.2) is 5.65 Å². The topological polar surface area (TPSA) is 97.6 Å². The third-order valence-electron chi connectivity index (χ3n) is 4.35. The number of amides is 2. The van der Waals surface area contributed by atoms with Crippen LogP contribution in [-0.4, -0.2) is 46.1 Å². The molecule has 8 heteroatoms. The highest BCUT2D eigenvalue weighted by atomic mass is 16.5. The van der Waals surface area contributed by atoms with Crippen LogP contribution in [0.25, 0.3) is 5.65 Å². The monoisotopic (exact) mass is 395 g/mol. The Bertz CT molecular complexity index is 952. The summed E-state index contributed by atoms with van der Waals surface area (Å²) in [5.41, 5.74) is 1.25. The van der Waals surface area contributed by atoms with Crippen molar-refractivity contribution in [3.8, 4) is 5.75 Å². The SMILES string of the molecule is CCCCOc1ccc(C(=O)NCC(=O)NCCc2nnc3ccccn23)cc1. The molecule has 0 fully saturated rings. The fourth-order valence-corrected chi connectivity index (χ4v) is 2.74. The van der Waals surface area contributed by atoms with Crippen LogP contribution in [-0.2, 0) is 11.2 Å². The van der Waals surface area contributed by atoms with Gasteiger partial charge in [-0.2, -0.15) is 0 Å². The number of fused-ring (bicyclic) bond motifs is 1. The van der Waals surface area contributed by atoms with Crippen LogP contribution in [0.5, 0.6) is 5.75 Å². The summed E-state index contributed by atoms with van der Waals surface area (Å²) in [5, 5.41) is 13.6. The van der Waals surface area contributed by atoms with E-state index in [0.717, 1.165) is 30.1 Å². The van der Waals surface area contributed by atoms with Gasteiger partial charge in [-0.05, 0) is 42.8 Å². The third-order valence-corrected chi connectivity index (χ3v) is 4.35. The molecule has 2 aromatic heterocycles. The summed E-state index contributed by atoms with van der Waals surface area (Å²) in [6, 6.07) is 12.6. The maximum absolute atomic E-state index is 12.2. The van der Waals surface area contributed by atoms with E-state index in [-0.39, 0.29) is 18.4 Å². The Morgan fingerprint density at radius 1 is 1.07 bits per heavy atom. The van der Waals surface area contributed by atoms with Crippen molar-refractivity contribution in [1.29, 1.82) is 0 Å². The number of benzene rings is 1. The second-order valence-electron chi connectivity index (χ2n) is 6.55. The van der Waals surface area contributed by atoms with E-state index in [4.69, 9.17) is 4.74 Å². The number of unbranched alkanes of at least 4 members (excludes halogenated alkanes) is 1. The molecule has 29 heavy (non-hydrogen) atoms. The number of nitrogens with one attached hydrogen (secondary N) is 2. The van der Waals surface area contributed by atoms with Crippen LogP contribution in [0.4, 0.5) is 0 Å². The highest BCUT2D eigenvalue weighted by Crippen LogP contribution is 2.12. The first-order valence-corrected chi connectivity index (χ1v) is 9.74. The Kier molecular flexibility index (Phi) is 7.16. The Morgan fingerprint density at radius 3 is 2.69 bits per heavy atom. The molecule has 0 unspecified atom stereocenters. The maximum atomic E-state index is 12.2. The summed E-state index contributed by atoms with van der Waals surface area (Å²) < 4.78 is 7.45. The van der Waals surface area contributed by atoms with Gasteiger partial charge in [0.2, 0.25) is 5.91 Å². The zero-order valence-corrected chi connectivity index (χ0v) is 16.4. The van der Waals surface area contributed by atoms with E-state index in [0.29, 0.717) is 25.1 Å². The second kappa shape index (κ2) is 10.2. The number of nitrogens with zero attached hydrogens (tertiary/aromatic N) is 3. The lowest BCUT2D eigenvalue weighted by Gasteiger charge is -2.08. The molecule has 3 rings (SSSR count). The van der Waals surface area contributed by atoms with Crippen molar-refractivity contribution in [2.45, 2.75) is 26.2 Å². The maximum Gasteiger partial charge on any atom is 0.251 e. The van der Waals surface area contributed by atoms with Gasteiger partial charge in [0.25, 0.3) is 5.91 Å². The highest BCUT2D eigenvalue weighted by Gasteiger charge is 2.09. The van der Waals surface area contributed by atoms with Gasteiger partial charge in [0.1, 0.15) is 11.6 Å². The van der Waals surface area contributed by atoms with Gasteiger partial charge in [0.05, 0.1) is 13.2 Å². The fourth-order valence-electron chi connectivity index (χ4n) is 2.74. The van der Waals surface area contributed by atoms with Gasteiger partial charge >= 0.3 is 0 Å². The number of rotatable bonds is 10. The molecule has 2 heterocycles. The molecule has 0 aliphatic carbocycles. The minimum Gasteiger partial charge on any atom is -0.494 e. The Morgan fingerprint density at radius 2 is 1.90 bits per heavy atom. The van der Waals surface area contributed by atoms with Crippen LogP contribution in [0.1, 0.15) is 35.9 Å². The van der Waals surface area contributed by atoms with Gasteiger partial charge in [-0.3, -0.25) is 14.0 Å². The number of hydrogen-bond acceptors (Lipinski definition) is 5. The number of pyridine rings is 1. The number of carbonyl (C=O) groups excluding carboxylic acids is 2. The molecule has 0 saturated heterocycles. The van der Waals surface area contributed by atoms with Crippen molar-refractivity contribution < 1.29 is 14.3 Å². The van der Waals surface area contributed by atoms with Crippen molar-refractivity contribution >= 4 is 17.5 Å². The normalized spacial score (nSPS) is 10.7. The Hall–Kier alpha value is -3.42. The van der Waals surface area contributed by atoms with Crippen molar-refractivity contribution in [2.24, 2.45) is 0 Å². The predicted octanol–water partition coefficient (Wildman–Crippen LogP) is 2.00. The van der Waals surface area contributed by atoms with Crippen LogP contribution < -0.4 is 15.4 Å². The number of ether oxygens (including phenoxy) is 1. The molecule has 0 bridgehead atoms. The third kappa shape index (κ3) is 5.78. The molecule has 0 aliphatic rings. The summed E-state index contributed by atoms with van der Waals surface area (Å²) in [5.74, 6) is 0.940. The number of aromatic nitrogens is 3. The molecule has 2 amide bonds. The first kappa shape index (κ1) is 20.3. The standard InChI is InChI=1S/C21H25N5O3/c1-2-3-14-29-17-9-7-16(8-10-17)21(28)23-15-20(27)22-12-11-19-25-24-18-6-4-5-13-26(18)19/h4-10,13H,2-3,11-12,14-15H2,1H3,(H,22,27)(H,23,28). The highest BCUT2D eigenvalue weighted by molar-refractivity contribution is 5.96. The molecule has 1 aromatic carbocycles. The summed E-state index contributed by atoms with van der Waals surface area (Å²) in [4.78, 5) is 24.2. The van der Waals surface area contributed by atoms with Crippen molar-refractivity contribution in [3.63, 3.8) is 0 Å². The molecular formula is C21H25N5O3. The lowest BCUT2D eigenvalue weighted by Crippen LogP contribution is -2.37. The van der Waals surface area contributed by atoms with Gasteiger partial charge < -0.3 is 15.4 Å². The van der Waals surface area contributed by atoms with Crippen molar-refractivity contribution in [3.05, 3.63) is 60.0 Å². The van der Waals surface area contributed by atoms with E-state index in [1.165, 1.54) is 0 Å². The molecule has 152 valence electrons.